The third kappa shape index (κ3) is 3.87. The van der Waals surface area contributed by atoms with Gasteiger partial charge in [0.1, 0.15) is 0 Å². The molecule has 0 bridgehead atoms. The minimum Gasteiger partial charge on any atom is -0.481 e. The Bertz CT molecular complexity index is 417. The maximum absolute atomic E-state index is 12.7. The molecule has 6 heteroatoms. The number of hydrogen-bond acceptors (Lipinski definition) is 3. The number of urea groups is 1. The van der Waals surface area contributed by atoms with E-state index in [0.29, 0.717) is 32.6 Å². The van der Waals surface area contributed by atoms with Crippen LogP contribution in [0.15, 0.2) is 0 Å². The van der Waals surface area contributed by atoms with Gasteiger partial charge < -0.3 is 19.6 Å². The third-order valence-corrected chi connectivity index (χ3v) is 4.01. The number of carboxylic acid groups (broad SMARTS) is 1. The largest absolute Gasteiger partial charge is 0.481 e. The van der Waals surface area contributed by atoms with E-state index in [-0.39, 0.29) is 17.2 Å². The van der Waals surface area contributed by atoms with Crippen LogP contribution in [0.3, 0.4) is 0 Å². The lowest BCUT2D eigenvalue weighted by Gasteiger charge is -2.48. The van der Waals surface area contributed by atoms with Gasteiger partial charge in [0.15, 0.2) is 0 Å². The van der Waals surface area contributed by atoms with E-state index in [1.54, 1.807) is 9.80 Å². The predicted octanol–water partition coefficient (Wildman–Crippen LogP) is 1.79. The summed E-state index contributed by atoms with van der Waals surface area (Å²) in [4.78, 5) is 27.3. The first kappa shape index (κ1) is 16.1. The molecule has 0 aromatic carbocycles. The van der Waals surface area contributed by atoms with Crippen LogP contribution in [0.5, 0.6) is 0 Å². The van der Waals surface area contributed by atoms with Gasteiger partial charge in [0.25, 0.3) is 0 Å². The van der Waals surface area contributed by atoms with E-state index in [9.17, 15) is 9.59 Å². The molecule has 2 saturated heterocycles. The highest BCUT2D eigenvalue weighted by Crippen LogP contribution is 2.29. The summed E-state index contributed by atoms with van der Waals surface area (Å²) >= 11 is 0. The van der Waals surface area contributed by atoms with Crippen molar-refractivity contribution in [2.45, 2.75) is 51.7 Å². The fourth-order valence-corrected chi connectivity index (χ4v) is 3.48. The average molecular weight is 298 g/mol. The van der Waals surface area contributed by atoms with Crippen molar-refractivity contribution < 1.29 is 19.4 Å². The number of likely N-dealkylation sites (tertiary alicyclic amines) is 1. The van der Waals surface area contributed by atoms with Crippen LogP contribution in [0, 0.1) is 5.92 Å². The number of nitrogens with zero attached hydrogens (tertiary/aromatic N) is 2. The van der Waals surface area contributed by atoms with Crippen LogP contribution in [-0.4, -0.2) is 64.3 Å². The first-order valence-corrected chi connectivity index (χ1v) is 7.56. The van der Waals surface area contributed by atoms with Gasteiger partial charge in [0.2, 0.25) is 0 Å². The molecular formula is C15H26N2O4. The molecule has 0 aromatic heterocycles. The smallest absolute Gasteiger partial charge is 0.320 e. The Kier molecular flexibility index (Phi) is 4.19. The van der Waals surface area contributed by atoms with Crippen LogP contribution < -0.4 is 0 Å². The highest BCUT2D eigenvalue weighted by molar-refractivity contribution is 5.77. The van der Waals surface area contributed by atoms with Gasteiger partial charge in [-0.2, -0.15) is 0 Å². The zero-order valence-corrected chi connectivity index (χ0v) is 13.4. The highest BCUT2D eigenvalue weighted by atomic mass is 16.5. The van der Waals surface area contributed by atoms with Gasteiger partial charge in [-0.25, -0.2) is 4.79 Å². The molecule has 0 aliphatic carbocycles. The first-order valence-electron chi connectivity index (χ1n) is 7.56. The number of piperidine rings is 1. The van der Waals surface area contributed by atoms with Crippen molar-refractivity contribution in [3.05, 3.63) is 0 Å². The molecule has 2 aliphatic heterocycles. The van der Waals surface area contributed by atoms with E-state index in [2.05, 4.69) is 0 Å². The number of carbonyl (C=O) groups excluding carboxylic acids is 1. The molecule has 2 aliphatic rings. The number of aliphatic carboxylic acids is 1. The molecule has 1 N–H and O–H groups in total. The summed E-state index contributed by atoms with van der Waals surface area (Å²) in [6.45, 7) is 9.92. The van der Waals surface area contributed by atoms with Crippen molar-refractivity contribution in [1.29, 1.82) is 0 Å². The van der Waals surface area contributed by atoms with Gasteiger partial charge in [-0.15, -0.1) is 0 Å². The summed E-state index contributed by atoms with van der Waals surface area (Å²) in [5, 5.41) is 9.14. The van der Waals surface area contributed by atoms with Crippen LogP contribution in [0.2, 0.25) is 0 Å². The van der Waals surface area contributed by atoms with E-state index in [1.165, 1.54) is 0 Å². The Balaban J connectivity index is 2.06. The van der Waals surface area contributed by atoms with E-state index in [1.807, 2.05) is 27.7 Å². The molecule has 0 aromatic rings. The Labute approximate surface area is 126 Å². The molecule has 0 spiro atoms. The van der Waals surface area contributed by atoms with Gasteiger partial charge in [0, 0.05) is 13.1 Å². The van der Waals surface area contributed by atoms with Crippen LogP contribution in [-0.2, 0) is 9.53 Å². The van der Waals surface area contributed by atoms with Crippen molar-refractivity contribution in [2.24, 2.45) is 5.92 Å². The molecule has 0 unspecified atom stereocenters. The van der Waals surface area contributed by atoms with Crippen LogP contribution in [0.4, 0.5) is 4.79 Å². The monoisotopic (exact) mass is 298 g/mol. The number of amides is 2. The zero-order valence-electron chi connectivity index (χ0n) is 13.4. The molecule has 21 heavy (non-hydrogen) atoms. The maximum atomic E-state index is 12.7. The van der Waals surface area contributed by atoms with Crippen molar-refractivity contribution in [3.63, 3.8) is 0 Å². The minimum absolute atomic E-state index is 0.0644. The minimum atomic E-state index is -0.810. The van der Waals surface area contributed by atoms with Crippen molar-refractivity contribution in [2.75, 3.05) is 26.2 Å². The molecule has 6 nitrogen and oxygen atoms in total. The molecule has 1 atom stereocenters. The molecule has 2 amide bonds. The van der Waals surface area contributed by atoms with E-state index in [0.717, 1.165) is 6.42 Å². The molecule has 0 saturated carbocycles. The summed E-state index contributed by atoms with van der Waals surface area (Å²) in [5.74, 6) is -1.25. The fraction of sp³-hybridized carbons (Fsp3) is 0.867. The number of carbonyl (C=O) groups is 2. The number of hydrogen-bond donors (Lipinski definition) is 1. The normalized spacial score (nSPS) is 28.3. The second-order valence-electron chi connectivity index (χ2n) is 7.38. The van der Waals surface area contributed by atoms with Crippen LogP contribution >= 0.6 is 0 Å². The van der Waals surface area contributed by atoms with Crippen molar-refractivity contribution >= 4 is 12.0 Å². The SMILES string of the molecule is CC1(C)CN(C(=O)N2CCC[C@@H](C(=O)O)C2)CC(C)(C)O1. The number of carboxylic acids is 1. The van der Waals surface area contributed by atoms with E-state index < -0.39 is 11.9 Å². The summed E-state index contributed by atoms with van der Waals surface area (Å²) in [6, 6.07) is -0.0644. The topological polar surface area (TPSA) is 70.1 Å². The quantitative estimate of drug-likeness (QED) is 0.801. The first-order chi connectivity index (χ1) is 9.60. The van der Waals surface area contributed by atoms with Crippen molar-refractivity contribution in [1.82, 2.24) is 9.80 Å². The average Bonchev–Trinajstić information content (AvgIpc) is 2.34. The van der Waals surface area contributed by atoms with Crippen molar-refractivity contribution in [3.8, 4) is 0 Å². The molecule has 120 valence electrons. The van der Waals surface area contributed by atoms with Crippen LogP contribution in [0.25, 0.3) is 0 Å². The Morgan fingerprint density at radius 3 is 2.19 bits per heavy atom. The summed E-state index contributed by atoms with van der Waals surface area (Å²) in [6.07, 6.45) is 1.40. The Morgan fingerprint density at radius 1 is 1.10 bits per heavy atom. The van der Waals surface area contributed by atoms with Gasteiger partial charge in [0.05, 0.1) is 30.2 Å². The molecular weight excluding hydrogens is 272 g/mol. The zero-order chi connectivity index (χ0) is 15.8. The van der Waals surface area contributed by atoms with Gasteiger partial charge in [-0.05, 0) is 40.5 Å². The van der Waals surface area contributed by atoms with E-state index >= 15 is 0 Å². The molecule has 2 rings (SSSR count). The molecule has 2 fully saturated rings. The summed E-state index contributed by atoms with van der Waals surface area (Å²) in [5.41, 5.74) is -0.779. The fourth-order valence-electron chi connectivity index (χ4n) is 3.48. The third-order valence-electron chi connectivity index (χ3n) is 4.01. The summed E-state index contributed by atoms with van der Waals surface area (Å²) < 4.78 is 5.98. The van der Waals surface area contributed by atoms with E-state index in [4.69, 9.17) is 9.84 Å². The number of rotatable bonds is 1. The predicted molar refractivity (Wildman–Crippen MR) is 78.1 cm³/mol. The molecule has 0 radical (unpaired) electrons. The second-order valence-corrected chi connectivity index (χ2v) is 7.38. The Hall–Kier alpha value is -1.30. The lowest BCUT2D eigenvalue weighted by Crippen LogP contribution is -2.61. The molecule has 2 heterocycles. The lowest BCUT2D eigenvalue weighted by molar-refractivity contribution is -0.172. The van der Waals surface area contributed by atoms with Gasteiger partial charge >= 0.3 is 12.0 Å². The highest BCUT2D eigenvalue weighted by Gasteiger charge is 2.42. The standard InChI is InChI=1S/C15H26N2O4/c1-14(2)9-17(10-15(3,4)21-14)13(20)16-7-5-6-11(8-16)12(18)19/h11H,5-10H2,1-4H3,(H,18,19)/t11-/m1/s1. The lowest BCUT2D eigenvalue weighted by atomic mass is 9.97. The Morgan fingerprint density at radius 2 is 1.67 bits per heavy atom. The number of morpholine rings is 1. The van der Waals surface area contributed by atoms with Gasteiger partial charge in [-0.1, -0.05) is 0 Å². The van der Waals surface area contributed by atoms with Gasteiger partial charge in [-0.3, -0.25) is 4.79 Å². The maximum Gasteiger partial charge on any atom is 0.320 e. The number of ether oxygens (including phenoxy) is 1. The summed E-state index contributed by atoms with van der Waals surface area (Å²) in [7, 11) is 0. The van der Waals surface area contributed by atoms with Crippen LogP contribution in [0.1, 0.15) is 40.5 Å². The second kappa shape index (κ2) is 5.48.